The Morgan fingerprint density at radius 3 is 1.70 bits per heavy atom. The molecule has 3 aliphatic heterocycles. The Kier molecular flexibility index (Phi) is 5.93. The van der Waals surface area contributed by atoms with Crippen LogP contribution in [-0.2, 0) is 29.2 Å². The second-order valence-electron chi connectivity index (χ2n) is 8.15. The van der Waals surface area contributed by atoms with Crippen molar-refractivity contribution in [3.8, 4) is 0 Å². The summed E-state index contributed by atoms with van der Waals surface area (Å²) in [6, 6.07) is 0. The fourth-order valence-electron chi connectivity index (χ4n) is 4.61. The number of hydrogen-bond acceptors (Lipinski definition) is 8. The molecule has 0 aromatic heterocycles. The molecule has 3 saturated heterocycles. The molecule has 156 valence electrons. The van der Waals surface area contributed by atoms with E-state index in [4.69, 9.17) is 4.74 Å². The highest BCUT2D eigenvalue weighted by Gasteiger charge is 2.58. The zero-order valence-corrected chi connectivity index (χ0v) is 19.1. The number of ether oxygens (including phenoxy) is 1. The number of carbonyl (C=O) groups is 1. The summed E-state index contributed by atoms with van der Waals surface area (Å²) in [6.45, 7) is 1.73. The van der Waals surface area contributed by atoms with E-state index in [1.165, 1.54) is 5.06 Å². The van der Waals surface area contributed by atoms with E-state index in [-0.39, 0.29) is 58.6 Å². The van der Waals surface area contributed by atoms with Crippen LogP contribution in [0.1, 0.15) is 45.4 Å². The van der Waals surface area contributed by atoms with Gasteiger partial charge < -0.3 is 9.94 Å². The zero-order valence-electron chi connectivity index (χ0n) is 15.3. The molecular formula is C16H26INO7S2. The van der Waals surface area contributed by atoms with Crippen molar-refractivity contribution in [3.63, 3.8) is 0 Å². The van der Waals surface area contributed by atoms with Crippen molar-refractivity contribution in [2.45, 2.75) is 66.6 Å². The van der Waals surface area contributed by atoms with Gasteiger partial charge in [-0.25, -0.2) is 16.8 Å². The monoisotopic (exact) mass is 535 g/mol. The summed E-state index contributed by atoms with van der Waals surface area (Å²) in [7, 11) is -6.28. The number of piperidine rings is 1. The Balaban J connectivity index is 1.90. The van der Waals surface area contributed by atoms with Crippen molar-refractivity contribution in [1.29, 1.82) is 0 Å². The number of sulfone groups is 2. The third-order valence-electron chi connectivity index (χ3n) is 6.24. The molecule has 1 unspecified atom stereocenters. The van der Waals surface area contributed by atoms with E-state index >= 15 is 0 Å². The van der Waals surface area contributed by atoms with E-state index in [0.29, 0.717) is 12.8 Å². The Hall–Kier alpha value is 0.0200. The minimum absolute atomic E-state index is 0.0260. The van der Waals surface area contributed by atoms with Gasteiger partial charge in [0.2, 0.25) is 0 Å². The highest BCUT2D eigenvalue weighted by Crippen LogP contribution is 2.49. The summed E-state index contributed by atoms with van der Waals surface area (Å²) in [5.41, 5.74) is -1.60. The molecule has 0 amide bonds. The molecule has 0 bridgehead atoms. The largest absolute Gasteiger partial charge is 0.461 e. The number of carbonyl (C=O) groups excluding carboxylic acids is 1. The molecule has 27 heavy (non-hydrogen) atoms. The van der Waals surface area contributed by atoms with E-state index in [1.54, 1.807) is 6.92 Å². The van der Waals surface area contributed by atoms with Gasteiger partial charge in [0.15, 0.2) is 0 Å². The molecule has 0 aromatic carbocycles. The lowest BCUT2D eigenvalue weighted by molar-refractivity contribution is -0.283. The first-order valence-electron chi connectivity index (χ1n) is 9.13. The lowest BCUT2D eigenvalue weighted by Gasteiger charge is -2.58. The molecule has 2 spiro atoms. The molecule has 3 fully saturated rings. The van der Waals surface area contributed by atoms with Crippen LogP contribution in [0.3, 0.4) is 0 Å². The van der Waals surface area contributed by atoms with E-state index in [0.717, 1.165) is 0 Å². The molecule has 3 rings (SSSR count). The second kappa shape index (κ2) is 7.37. The topological polar surface area (TPSA) is 118 Å². The van der Waals surface area contributed by atoms with E-state index in [9.17, 15) is 26.8 Å². The maximum atomic E-state index is 12.1. The van der Waals surface area contributed by atoms with Crippen molar-refractivity contribution >= 4 is 48.2 Å². The van der Waals surface area contributed by atoms with E-state index < -0.39 is 36.9 Å². The highest BCUT2D eigenvalue weighted by atomic mass is 127. The summed E-state index contributed by atoms with van der Waals surface area (Å²) >= 11 is 1.98. The molecule has 3 heterocycles. The van der Waals surface area contributed by atoms with Crippen molar-refractivity contribution in [1.82, 2.24) is 5.06 Å². The van der Waals surface area contributed by atoms with Gasteiger partial charge in [-0.1, -0.05) is 22.6 Å². The number of halogens is 1. The molecular weight excluding hydrogens is 509 g/mol. The molecule has 8 nitrogen and oxygen atoms in total. The van der Waals surface area contributed by atoms with Crippen LogP contribution in [0.15, 0.2) is 0 Å². The third-order valence-corrected chi connectivity index (χ3v) is 10.0. The van der Waals surface area contributed by atoms with Gasteiger partial charge in [0.25, 0.3) is 0 Å². The van der Waals surface area contributed by atoms with Crippen molar-refractivity contribution in [2.24, 2.45) is 0 Å². The van der Waals surface area contributed by atoms with Crippen molar-refractivity contribution < 1.29 is 31.6 Å². The first kappa shape index (κ1) is 21.7. The van der Waals surface area contributed by atoms with Gasteiger partial charge in [-0.15, -0.1) is 0 Å². The number of hydroxylamine groups is 2. The Morgan fingerprint density at radius 2 is 1.37 bits per heavy atom. The van der Waals surface area contributed by atoms with Gasteiger partial charge in [0.1, 0.15) is 29.7 Å². The standard InChI is InChI=1S/C16H26INO7S2/c1-12(17)14(19)25-13-10-15(2-6-26(21,22)7-3-15)18(20)16(11-13)4-8-27(23,24)9-5-16/h12-13,20H,2-11H2,1H3. The zero-order chi connectivity index (χ0) is 20.1. The maximum Gasteiger partial charge on any atom is 0.318 e. The quantitative estimate of drug-likeness (QED) is 0.318. The Labute approximate surface area is 173 Å². The molecule has 0 aromatic rings. The number of rotatable bonds is 2. The lowest BCUT2D eigenvalue weighted by Crippen LogP contribution is -2.68. The van der Waals surface area contributed by atoms with Gasteiger partial charge >= 0.3 is 5.97 Å². The molecule has 0 saturated carbocycles. The van der Waals surface area contributed by atoms with Crippen LogP contribution in [0, 0.1) is 0 Å². The number of nitrogens with zero attached hydrogens (tertiary/aromatic N) is 1. The van der Waals surface area contributed by atoms with Gasteiger partial charge in [-0.05, 0) is 32.6 Å². The summed E-state index contributed by atoms with van der Waals surface area (Å²) in [5.74, 6) is -0.447. The molecule has 1 atom stereocenters. The van der Waals surface area contributed by atoms with Crippen LogP contribution in [-0.4, -0.2) is 77.2 Å². The minimum atomic E-state index is -3.14. The van der Waals surface area contributed by atoms with Crippen LogP contribution in [0.25, 0.3) is 0 Å². The van der Waals surface area contributed by atoms with Crippen LogP contribution >= 0.6 is 22.6 Å². The van der Waals surface area contributed by atoms with Crippen LogP contribution in [0.2, 0.25) is 0 Å². The van der Waals surface area contributed by atoms with Crippen molar-refractivity contribution in [3.05, 3.63) is 0 Å². The maximum absolute atomic E-state index is 12.1. The first-order chi connectivity index (χ1) is 12.4. The average molecular weight is 535 g/mol. The third kappa shape index (κ3) is 4.46. The second-order valence-corrected chi connectivity index (χ2v) is 14.6. The first-order valence-corrected chi connectivity index (χ1v) is 14.0. The van der Waals surface area contributed by atoms with Crippen molar-refractivity contribution in [2.75, 3.05) is 23.0 Å². The fourth-order valence-corrected chi connectivity index (χ4v) is 7.92. The number of alkyl halides is 1. The molecule has 11 heteroatoms. The lowest BCUT2D eigenvalue weighted by atomic mass is 9.71. The summed E-state index contributed by atoms with van der Waals surface area (Å²) in [4.78, 5) is 12.1. The summed E-state index contributed by atoms with van der Waals surface area (Å²) in [6.07, 6.45) is 1.30. The predicted molar refractivity (Wildman–Crippen MR) is 107 cm³/mol. The van der Waals surface area contributed by atoms with Gasteiger partial charge in [0.05, 0.1) is 34.1 Å². The average Bonchev–Trinajstić information content (AvgIpc) is 2.58. The van der Waals surface area contributed by atoms with E-state index in [2.05, 4.69) is 0 Å². The van der Waals surface area contributed by atoms with Gasteiger partial charge in [-0.3, -0.25) is 4.79 Å². The smallest absolute Gasteiger partial charge is 0.318 e. The molecule has 3 aliphatic rings. The molecule has 1 N–H and O–H groups in total. The van der Waals surface area contributed by atoms with Gasteiger partial charge in [-0.2, -0.15) is 5.06 Å². The van der Waals surface area contributed by atoms with Gasteiger partial charge in [0, 0.05) is 12.8 Å². The van der Waals surface area contributed by atoms with E-state index in [1.807, 2.05) is 22.6 Å². The summed E-state index contributed by atoms with van der Waals surface area (Å²) < 4.78 is 53.0. The fraction of sp³-hybridized carbons (Fsp3) is 0.938. The normalized spacial score (nSPS) is 30.8. The minimum Gasteiger partial charge on any atom is -0.461 e. The number of hydrogen-bond donors (Lipinski definition) is 1. The van der Waals surface area contributed by atoms with Crippen LogP contribution in [0.4, 0.5) is 0 Å². The van der Waals surface area contributed by atoms with Crippen LogP contribution in [0.5, 0.6) is 0 Å². The Bertz CT molecular complexity index is 725. The highest BCUT2D eigenvalue weighted by molar-refractivity contribution is 14.1. The summed E-state index contributed by atoms with van der Waals surface area (Å²) in [5, 5.41) is 12.4. The SMILES string of the molecule is CC(I)C(=O)OC1CC2(CCS(=O)(=O)CC2)N(O)C2(CCS(=O)(=O)CC2)C1. The molecule has 0 aliphatic carbocycles. The Morgan fingerprint density at radius 1 is 1.00 bits per heavy atom. The predicted octanol–water partition coefficient (Wildman–Crippen LogP) is 1.10. The molecule has 0 radical (unpaired) electrons. The van der Waals surface area contributed by atoms with Crippen LogP contribution < -0.4 is 0 Å². The number of esters is 1.